The van der Waals surface area contributed by atoms with E-state index in [0.717, 1.165) is 18.4 Å². The summed E-state index contributed by atoms with van der Waals surface area (Å²) in [4.78, 5) is 7.91. The van der Waals surface area contributed by atoms with Crippen molar-refractivity contribution >= 4 is 20.9 Å². The fourth-order valence-electron chi connectivity index (χ4n) is 2.04. The lowest BCUT2D eigenvalue weighted by atomic mass is 9.93. The van der Waals surface area contributed by atoms with Crippen LogP contribution in [0.5, 0.6) is 0 Å². The van der Waals surface area contributed by atoms with Gasteiger partial charge in [0.25, 0.3) is 0 Å². The first-order valence-electron chi connectivity index (χ1n) is 6.29. The molecule has 2 aromatic rings. The molecule has 0 fully saturated rings. The van der Waals surface area contributed by atoms with Gasteiger partial charge in [0.1, 0.15) is 5.82 Å². The van der Waals surface area contributed by atoms with Crippen molar-refractivity contribution in [1.29, 1.82) is 0 Å². The average Bonchev–Trinajstić information content (AvgIpc) is 2.80. The van der Waals surface area contributed by atoms with Gasteiger partial charge in [-0.25, -0.2) is 13.4 Å². The number of rotatable bonds is 4. The van der Waals surface area contributed by atoms with Crippen molar-refractivity contribution < 1.29 is 8.42 Å². The molecule has 0 atom stereocenters. The van der Waals surface area contributed by atoms with E-state index in [1.54, 1.807) is 18.2 Å². The SMILES string of the molecule is CCC(N)(CC)c1nc2ccc(S(C)(=O)=O)cc2[nH]1. The minimum atomic E-state index is -3.21. The summed E-state index contributed by atoms with van der Waals surface area (Å²) in [5.41, 5.74) is 7.24. The van der Waals surface area contributed by atoms with Crippen molar-refractivity contribution in [1.82, 2.24) is 9.97 Å². The monoisotopic (exact) mass is 281 g/mol. The molecule has 2 rings (SSSR count). The summed E-state index contributed by atoms with van der Waals surface area (Å²) in [5, 5.41) is 0. The highest BCUT2D eigenvalue weighted by Gasteiger charge is 2.26. The molecule has 1 aromatic carbocycles. The summed E-state index contributed by atoms with van der Waals surface area (Å²) >= 11 is 0. The van der Waals surface area contributed by atoms with Crippen molar-refractivity contribution in [2.75, 3.05) is 6.26 Å². The second-order valence-corrected chi connectivity index (χ2v) is 6.92. The normalized spacial score (nSPS) is 13.1. The van der Waals surface area contributed by atoms with Gasteiger partial charge in [0.2, 0.25) is 0 Å². The Labute approximate surface area is 113 Å². The van der Waals surface area contributed by atoms with Gasteiger partial charge in [-0.05, 0) is 31.0 Å². The maximum Gasteiger partial charge on any atom is 0.175 e. The molecule has 1 aromatic heterocycles. The van der Waals surface area contributed by atoms with Crippen molar-refractivity contribution in [2.45, 2.75) is 37.1 Å². The van der Waals surface area contributed by atoms with E-state index in [-0.39, 0.29) is 4.90 Å². The van der Waals surface area contributed by atoms with Gasteiger partial charge in [0.05, 0.1) is 21.5 Å². The maximum atomic E-state index is 11.5. The van der Waals surface area contributed by atoms with Gasteiger partial charge < -0.3 is 10.7 Å². The number of hydrogen-bond acceptors (Lipinski definition) is 4. The molecule has 0 amide bonds. The number of H-pyrrole nitrogens is 1. The fourth-order valence-corrected chi connectivity index (χ4v) is 2.69. The highest BCUT2D eigenvalue weighted by molar-refractivity contribution is 7.90. The van der Waals surface area contributed by atoms with Crippen LogP contribution in [0.4, 0.5) is 0 Å². The summed E-state index contributed by atoms with van der Waals surface area (Å²) in [6, 6.07) is 4.88. The largest absolute Gasteiger partial charge is 0.340 e. The zero-order valence-electron chi connectivity index (χ0n) is 11.4. The second kappa shape index (κ2) is 4.61. The lowest BCUT2D eigenvalue weighted by Gasteiger charge is -2.23. The Kier molecular flexibility index (Phi) is 3.40. The van der Waals surface area contributed by atoms with Gasteiger partial charge in [0, 0.05) is 6.26 Å². The number of nitrogens with two attached hydrogens (primary N) is 1. The Bertz CT molecular complexity index is 700. The van der Waals surface area contributed by atoms with Gasteiger partial charge in [0.15, 0.2) is 9.84 Å². The zero-order chi connectivity index (χ0) is 14.3. The summed E-state index contributed by atoms with van der Waals surface area (Å²) in [7, 11) is -3.21. The summed E-state index contributed by atoms with van der Waals surface area (Å²) in [6.45, 7) is 4.03. The van der Waals surface area contributed by atoms with Crippen LogP contribution in [0, 0.1) is 0 Å². The van der Waals surface area contributed by atoms with Crippen molar-refractivity contribution in [3.63, 3.8) is 0 Å². The molecule has 5 nitrogen and oxygen atoms in total. The van der Waals surface area contributed by atoms with Crippen LogP contribution >= 0.6 is 0 Å². The summed E-state index contributed by atoms with van der Waals surface area (Å²) < 4.78 is 23.1. The van der Waals surface area contributed by atoms with Gasteiger partial charge in [-0.2, -0.15) is 0 Å². The third-order valence-corrected chi connectivity index (χ3v) is 4.73. The molecule has 6 heteroatoms. The molecule has 19 heavy (non-hydrogen) atoms. The third-order valence-electron chi connectivity index (χ3n) is 3.61. The molecule has 0 saturated carbocycles. The molecule has 0 unspecified atom stereocenters. The van der Waals surface area contributed by atoms with Crippen LogP contribution in [0.1, 0.15) is 32.5 Å². The fraction of sp³-hybridized carbons (Fsp3) is 0.462. The van der Waals surface area contributed by atoms with E-state index in [4.69, 9.17) is 5.73 Å². The van der Waals surface area contributed by atoms with Crippen LogP contribution < -0.4 is 5.73 Å². The van der Waals surface area contributed by atoms with Crippen LogP contribution in [-0.4, -0.2) is 24.6 Å². The second-order valence-electron chi connectivity index (χ2n) is 4.90. The van der Waals surface area contributed by atoms with Gasteiger partial charge in [-0.1, -0.05) is 13.8 Å². The van der Waals surface area contributed by atoms with Crippen LogP contribution in [0.2, 0.25) is 0 Å². The van der Waals surface area contributed by atoms with Gasteiger partial charge in [-0.3, -0.25) is 0 Å². The van der Waals surface area contributed by atoms with E-state index < -0.39 is 15.4 Å². The highest BCUT2D eigenvalue weighted by Crippen LogP contribution is 2.26. The molecule has 104 valence electrons. The number of sulfone groups is 1. The number of nitrogens with zero attached hydrogens (tertiary/aromatic N) is 1. The Morgan fingerprint density at radius 2 is 1.95 bits per heavy atom. The van der Waals surface area contributed by atoms with E-state index in [9.17, 15) is 8.42 Å². The Balaban J connectivity index is 2.59. The Hall–Kier alpha value is -1.40. The molecule has 0 radical (unpaired) electrons. The summed E-state index contributed by atoms with van der Waals surface area (Å²) in [5.74, 6) is 0.707. The molecule has 3 N–H and O–H groups in total. The molecule has 0 aliphatic rings. The standard InChI is InChI=1S/C13H19N3O2S/c1-4-13(14,5-2)12-15-10-7-6-9(19(3,17)18)8-11(10)16-12/h6-8H,4-5,14H2,1-3H3,(H,15,16). The quantitative estimate of drug-likeness (QED) is 0.896. The number of nitrogens with one attached hydrogen (secondary N) is 1. The summed E-state index contributed by atoms with van der Waals surface area (Å²) in [6.07, 6.45) is 2.72. The van der Waals surface area contributed by atoms with E-state index in [1.807, 2.05) is 13.8 Å². The number of hydrogen-bond donors (Lipinski definition) is 2. The van der Waals surface area contributed by atoms with Crippen LogP contribution in [0.3, 0.4) is 0 Å². The molecule has 0 aliphatic heterocycles. The molecular formula is C13H19N3O2S. The van der Waals surface area contributed by atoms with E-state index >= 15 is 0 Å². The number of aromatic nitrogens is 2. The molecule has 0 saturated heterocycles. The molecule has 0 spiro atoms. The number of aromatic amines is 1. The number of imidazole rings is 1. The van der Waals surface area contributed by atoms with E-state index in [1.165, 1.54) is 6.26 Å². The van der Waals surface area contributed by atoms with E-state index in [0.29, 0.717) is 11.3 Å². The Morgan fingerprint density at radius 1 is 1.32 bits per heavy atom. The molecular weight excluding hydrogens is 262 g/mol. The lowest BCUT2D eigenvalue weighted by Crippen LogP contribution is -2.36. The smallest absolute Gasteiger partial charge is 0.175 e. The third kappa shape index (κ3) is 2.50. The van der Waals surface area contributed by atoms with E-state index in [2.05, 4.69) is 9.97 Å². The number of fused-ring (bicyclic) bond motifs is 1. The van der Waals surface area contributed by atoms with Gasteiger partial charge in [-0.15, -0.1) is 0 Å². The maximum absolute atomic E-state index is 11.5. The first-order chi connectivity index (χ1) is 8.80. The Morgan fingerprint density at radius 3 is 2.47 bits per heavy atom. The van der Waals surface area contributed by atoms with Crippen molar-refractivity contribution in [2.24, 2.45) is 5.73 Å². The topological polar surface area (TPSA) is 88.8 Å². The van der Waals surface area contributed by atoms with Crippen molar-refractivity contribution in [3.8, 4) is 0 Å². The van der Waals surface area contributed by atoms with Gasteiger partial charge >= 0.3 is 0 Å². The zero-order valence-corrected chi connectivity index (χ0v) is 12.2. The minimum absolute atomic E-state index is 0.283. The molecule has 1 heterocycles. The first kappa shape index (κ1) is 14.0. The molecule has 0 bridgehead atoms. The lowest BCUT2D eigenvalue weighted by molar-refractivity contribution is 0.392. The van der Waals surface area contributed by atoms with Crippen LogP contribution in [0.15, 0.2) is 23.1 Å². The predicted molar refractivity (Wildman–Crippen MR) is 75.7 cm³/mol. The predicted octanol–water partition coefficient (Wildman–Crippen LogP) is 1.94. The number of benzene rings is 1. The van der Waals surface area contributed by atoms with Crippen LogP contribution in [0.25, 0.3) is 11.0 Å². The average molecular weight is 281 g/mol. The molecule has 0 aliphatic carbocycles. The highest BCUT2D eigenvalue weighted by atomic mass is 32.2. The van der Waals surface area contributed by atoms with Crippen molar-refractivity contribution in [3.05, 3.63) is 24.0 Å². The first-order valence-corrected chi connectivity index (χ1v) is 8.18. The van der Waals surface area contributed by atoms with Crippen LogP contribution in [-0.2, 0) is 15.4 Å². The minimum Gasteiger partial charge on any atom is -0.340 e.